The monoisotopic (exact) mass is 285 g/mol. The highest BCUT2D eigenvalue weighted by Gasteiger charge is 2.19. The molecule has 0 fully saturated rings. The Morgan fingerprint density at radius 3 is 2.33 bits per heavy atom. The summed E-state index contributed by atoms with van der Waals surface area (Å²) in [6, 6.07) is 16.8. The number of aliphatic hydroxyl groups is 1. The summed E-state index contributed by atoms with van der Waals surface area (Å²) in [5.74, 6) is -0.198. The van der Waals surface area contributed by atoms with Gasteiger partial charge in [0.2, 0.25) is 0 Å². The Balaban J connectivity index is 2.03. The first kappa shape index (κ1) is 15.2. The Hall–Kier alpha value is -2.17. The van der Waals surface area contributed by atoms with Gasteiger partial charge in [-0.25, -0.2) is 0 Å². The summed E-state index contributed by atoms with van der Waals surface area (Å²) in [4.78, 5) is 12.2. The molecule has 4 heteroatoms. The van der Waals surface area contributed by atoms with Crippen molar-refractivity contribution in [3.63, 3.8) is 0 Å². The van der Waals surface area contributed by atoms with E-state index >= 15 is 0 Å². The van der Waals surface area contributed by atoms with Crippen molar-refractivity contribution in [3.8, 4) is 0 Å². The van der Waals surface area contributed by atoms with E-state index < -0.39 is 6.10 Å². The molecule has 0 bridgehead atoms. The van der Waals surface area contributed by atoms with E-state index in [1.54, 1.807) is 0 Å². The van der Waals surface area contributed by atoms with Crippen molar-refractivity contribution in [2.45, 2.75) is 19.3 Å². The standard InChI is InChI=1S/C17H19NO3/c1-21-16(13-7-3-2-4-8-13)17(20)18-11-14-9-5-6-10-15(14)12-19/h2-10,16,19H,11-12H2,1H3,(H,18,20). The molecule has 110 valence electrons. The summed E-state index contributed by atoms with van der Waals surface area (Å²) in [7, 11) is 1.51. The van der Waals surface area contributed by atoms with E-state index in [9.17, 15) is 9.90 Å². The summed E-state index contributed by atoms with van der Waals surface area (Å²) >= 11 is 0. The molecule has 0 aliphatic rings. The fraction of sp³-hybridized carbons (Fsp3) is 0.235. The normalized spacial score (nSPS) is 11.9. The van der Waals surface area contributed by atoms with Gasteiger partial charge in [-0.2, -0.15) is 0 Å². The van der Waals surface area contributed by atoms with Crippen molar-refractivity contribution < 1.29 is 14.6 Å². The molecule has 0 saturated heterocycles. The highest BCUT2D eigenvalue weighted by atomic mass is 16.5. The van der Waals surface area contributed by atoms with E-state index in [1.807, 2.05) is 54.6 Å². The number of nitrogens with one attached hydrogen (secondary N) is 1. The SMILES string of the molecule is COC(C(=O)NCc1ccccc1CO)c1ccccc1. The number of carbonyl (C=O) groups excluding carboxylic acids is 1. The van der Waals surface area contributed by atoms with E-state index in [-0.39, 0.29) is 12.5 Å². The number of hydrogen-bond acceptors (Lipinski definition) is 3. The number of amides is 1. The van der Waals surface area contributed by atoms with Crippen LogP contribution in [-0.4, -0.2) is 18.1 Å². The van der Waals surface area contributed by atoms with Gasteiger partial charge in [-0.05, 0) is 16.7 Å². The molecule has 0 saturated carbocycles. The minimum absolute atomic E-state index is 0.0432. The van der Waals surface area contributed by atoms with Crippen LogP contribution in [0.1, 0.15) is 22.8 Å². The Labute approximate surface area is 124 Å². The molecule has 2 N–H and O–H groups in total. The molecule has 0 heterocycles. The van der Waals surface area contributed by atoms with Crippen LogP contribution in [0.3, 0.4) is 0 Å². The Kier molecular flexibility index (Phi) is 5.49. The third-order valence-corrected chi connectivity index (χ3v) is 3.32. The number of benzene rings is 2. The molecule has 0 spiro atoms. The number of carbonyl (C=O) groups is 1. The van der Waals surface area contributed by atoms with Gasteiger partial charge >= 0.3 is 0 Å². The zero-order chi connectivity index (χ0) is 15.1. The summed E-state index contributed by atoms with van der Waals surface area (Å²) in [6.07, 6.45) is -0.632. The number of hydrogen-bond donors (Lipinski definition) is 2. The number of rotatable bonds is 6. The van der Waals surface area contributed by atoms with E-state index in [0.29, 0.717) is 6.54 Å². The smallest absolute Gasteiger partial charge is 0.254 e. The average molecular weight is 285 g/mol. The molecule has 0 aromatic heterocycles. The van der Waals surface area contributed by atoms with Crippen LogP contribution in [0.4, 0.5) is 0 Å². The Morgan fingerprint density at radius 1 is 1.10 bits per heavy atom. The van der Waals surface area contributed by atoms with Gasteiger partial charge in [0.25, 0.3) is 5.91 Å². The lowest BCUT2D eigenvalue weighted by molar-refractivity contribution is -0.131. The van der Waals surface area contributed by atoms with E-state index in [4.69, 9.17) is 4.74 Å². The van der Waals surface area contributed by atoms with Crippen molar-refractivity contribution in [2.75, 3.05) is 7.11 Å². The predicted octanol–water partition coefficient (Wildman–Crippen LogP) is 2.18. The third-order valence-electron chi connectivity index (χ3n) is 3.32. The second-order valence-corrected chi connectivity index (χ2v) is 4.67. The van der Waals surface area contributed by atoms with Crippen molar-refractivity contribution in [2.24, 2.45) is 0 Å². The maximum absolute atomic E-state index is 12.2. The first-order valence-corrected chi connectivity index (χ1v) is 6.79. The molecule has 2 aromatic rings. The quantitative estimate of drug-likeness (QED) is 0.855. The van der Waals surface area contributed by atoms with Crippen LogP contribution in [-0.2, 0) is 22.7 Å². The largest absolute Gasteiger partial charge is 0.392 e. The first-order chi connectivity index (χ1) is 10.3. The van der Waals surface area contributed by atoms with Gasteiger partial charge in [-0.3, -0.25) is 4.79 Å². The zero-order valence-electron chi connectivity index (χ0n) is 12.0. The summed E-state index contributed by atoms with van der Waals surface area (Å²) in [5, 5.41) is 12.1. The summed E-state index contributed by atoms with van der Waals surface area (Å²) in [6.45, 7) is 0.320. The van der Waals surface area contributed by atoms with Gasteiger partial charge in [0.1, 0.15) is 0 Å². The lowest BCUT2D eigenvalue weighted by Crippen LogP contribution is -2.30. The molecular formula is C17H19NO3. The lowest BCUT2D eigenvalue weighted by Gasteiger charge is -2.16. The van der Waals surface area contributed by atoms with Gasteiger partial charge in [0, 0.05) is 13.7 Å². The molecule has 4 nitrogen and oxygen atoms in total. The molecule has 21 heavy (non-hydrogen) atoms. The molecule has 0 radical (unpaired) electrons. The van der Waals surface area contributed by atoms with Crippen LogP contribution in [0.15, 0.2) is 54.6 Å². The molecule has 2 aromatic carbocycles. The highest BCUT2D eigenvalue weighted by molar-refractivity contribution is 5.82. The van der Waals surface area contributed by atoms with Crippen LogP contribution in [0.25, 0.3) is 0 Å². The summed E-state index contributed by atoms with van der Waals surface area (Å²) < 4.78 is 5.28. The van der Waals surface area contributed by atoms with Crippen molar-refractivity contribution in [1.82, 2.24) is 5.32 Å². The van der Waals surface area contributed by atoms with Crippen molar-refractivity contribution in [1.29, 1.82) is 0 Å². The molecule has 2 rings (SSSR count). The molecular weight excluding hydrogens is 266 g/mol. The first-order valence-electron chi connectivity index (χ1n) is 6.79. The topological polar surface area (TPSA) is 58.6 Å². The van der Waals surface area contributed by atoms with Crippen LogP contribution < -0.4 is 5.32 Å². The van der Waals surface area contributed by atoms with Gasteiger partial charge < -0.3 is 15.2 Å². The predicted molar refractivity (Wildman–Crippen MR) is 80.4 cm³/mol. The van der Waals surface area contributed by atoms with Crippen molar-refractivity contribution in [3.05, 3.63) is 71.3 Å². The fourth-order valence-corrected chi connectivity index (χ4v) is 2.18. The number of ether oxygens (including phenoxy) is 1. The maximum Gasteiger partial charge on any atom is 0.254 e. The molecule has 1 atom stereocenters. The van der Waals surface area contributed by atoms with Crippen LogP contribution >= 0.6 is 0 Å². The molecule has 1 unspecified atom stereocenters. The van der Waals surface area contributed by atoms with Crippen LogP contribution in [0, 0.1) is 0 Å². The van der Waals surface area contributed by atoms with Gasteiger partial charge in [0.05, 0.1) is 6.61 Å². The number of methoxy groups -OCH3 is 1. The van der Waals surface area contributed by atoms with Crippen LogP contribution in [0.2, 0.25) is 0 Å². The zero-order valence-corrected chi connectivity index (χ0v) is 12.0. The van der Waals surface area contributed by atoms with Gasteiger partial charge in [-0.1, -0.05) is 54.6 Å². The number of aliphatic hydroxyl groups excluding tert-OH is 1. The van der Waals surface area contributed by atoms with Gasteiger partial charge in [-0.15, -0.1) is 0 Å². The third kappa shape index (κ3) is 3.90. The second-order valence-electron chi connectivity index (χ2n) is 4.67. The summed E-state index contributed by atoms with van der Waals surface area (Å²) in [5.41, 5.74) is 2.52. The van der Waals surface area contributed by atoms with E-state index in [1.165, 1.54) is 7.11 Å². The molecule has 0 aliphatic carbocycles. The second kappa shape index (κ2) is 7.57. The maximum atomic E-state index is 12.2. The van der Waals surface area contributed by atoms with E-state index in [2.05, 4.69) is 5.32 Å². The van der Waals surface area contributed by atoms with Crippen LogP contribution in [0.5, 0.6) is 0 Å². The minimum atomic E-state index is -0.632. The molecule has 0 aliphatic heterocycles. The Morgan fingerprint density at radius 2 is 1.71 bits per heavy atom. The average Bonchev–Trinajstić information content (AvgIpc) is 2.55. The Bertz CT molecular complexity index is 584. The lowest BCUT2D eigenvalue weighted by atomic mass is 10.1. The van der Waals surface area contributed by atoms with E-state index in [0.717, 1.165) is 16.7 Å². The van der Waals surface area contributed by atoms with Gasteiger partial charge in [0.15, 0.2) is 6.10 Å². The van der Waals surface area contributed by atoms with Crippen molar-refractivity contribution >= 4 is 5.91 Å². The highest BCUT2D eigenvalue weighted by Crippen LogP contribution is 2.16. The fourth-order valence-electron chi connectivity index (χ4n) is 2.18. The minimum Gasteiger partial charge on any atom is -0.392 e. The molecule has 1 amide bonds.